The summed E-state index contributed by atoms with van der Waals surface area (Å²) in [6.45, 7) is 3.77. The number of hydrogen-bond acceptors (Lipinski definition) is 2. The van der Waals surface area contributed by atoms with Crippen LogP contribution < -0.4 is 4.74 Å². The second-order valence-corrected chi connectivity index (χ2v) is 6.58. The Kier molecular flexibility index (Phi) is 5.95. The largest absolute Gasteiger partial charge is 0.488 e. The molecule has 1 aromatic carbocycles. The van der Waals surface area contributed by atoms with Gasteiger partial charge in [0.2, 0.25) is 0 Å². The van der Waals surface area contributed by atoms with Crippen LogP contribution >= 0.6 is 22.6 Å². The minimum Gasteiger partial charge on any atom is -0.488 e. The molecule has 0 radical (unpaired) electrons. The molecule has 0 amide bonds. The van der Waals surface area contributed by atoms with Crippen molar-refractivity contribution in [1.82, 2.24) is 0 Å². The first-order valence-corrected chi connectivity index (χ1v) is 8.66. The van der Waals surface area contributed by atoms with E-state index in [4.69, 9.17) is 9.47 Å². The number of hydrogen-bond donors (Lipinski definition) is 0. The van der Waals surface area contributed by atoms with Gasteiger partial charge in [-0.05, 0) is 56.7 Å². The third kappa shape index (κ3) is 4.95. The number of benzene rings is 1. The van der Waals surface area contributed by atoms with Crippen LogP contribution in [0, 0.1) is 0 Å². The normalized spacial score (nSPS) is 17.6. The molecule has 0 aromatic heterocycles. The van der Waals surface area contributed by atoms with Crippen molar-refractivity contribution in [3.63, 3.8) is 0 Å². The summed E-state index contributed by atoms with van der Waals surface area (Å²) in [7, 11) is 0. The molecule has 3 heteroatoms. The number of ether oxygens (including phenoxy) is 2. The van der Waals surface area contributed by atoms with Crippen molar-refractivity contribution in [2.24, 2.45) is 0 Å². The highest BCUT2D eigenvalue weighted by atomic mass is 127. The first-order valence-electron chi connectivity index (χ1n) is 7.13. The van der Waals surface area contributed by atoms with Gasteiger partial charge in [0.25, 0.3) is 0 Å². The lowest BCUT2D eigenvalue weighted by atomic mass is 10.1. The molecule has 0 bridgehead atoms. The van der Waals surface area contributed by atoms with Gasteiger partial charge in [0, 0.05) is 11.0 Å². The van der Waals surface area contributed by atoms with Crippen LogP contribution in [0.1, 0.15) is 44.6 Å². The van der Waals surface area contributed by atoms with E-state index in [1.807, 2.05) is 0 Å². The van der Waals surface area contributed by atoms with Gasteiger partial charge in [0.15, 0.2) is 0 Å². The van der Waals surface area contributed by atoms with Crippen molar-refractivity contribution in [3.05, 3.63) is 29.8 Å². The van der Waals surface area contributed by atoms with Crippen LogP contribution in [-0.4, -0.2) is 16.6 Å². The highest BCUT2D eigenvalue weighted by Gasteiger charge is 2.30. The molecule has 1 saturated carbocycles. The molecular weight excluding hydrogens is 351 g/mol. The minimum atomic E-state index is 0.0539. The summed E-state index contributed by atoms with van der Waals surface area (Å²) in [5.74, 6) is 0.986. The molecule has 1 aliphatic carbocycles. The molecular formula is C16H23IO2. The molecule has 0 unspecified atom stereocenters. The quantitative estimate of drug-likeness (QED) is 0.390. The van der Waals surface area contributed by atoms with Crippen molar-refractivity contribution in [2.75, 3.05) is 11.0 Å². The van der Waals surface area contributed by atoms with Crippen LogP contribution in [0.3, 0.4) is 0 Å². The van der Waals surface area contributed by atoms with E-state index in [0.717, 1.165) is 23.2 Å². The zero-order valence-electron chi connectivity index (χ0n) is 11.7. The number of rotatable bonds is 7. The average Bonchev–Trinajstić information content (AvgIpc) is 2.83. The Morgan fingerprint density at radius 2 is 1.84 bits per heavy atom. The molecule has 1 aliphatic rings. The fraction of sp³-hybridized carbons (Fsp3) is 0.625. The number of alkyl halides is 1. The van der Waals surface area contributed by atoms with Crippen molar-refractivity contribution < 1.29 is 9.47 Å². The standard InChI is InChI=1S/C16H23IO2/c1-16(9-2-3-10-16)19-15-7-5-14(6-8-15)13-18-12-4-11-17/h5-8H,2-4,9-13H2,1H3. The molecule has 0 N–H and O–H groups in total. The molecule has 2 rings (SSSR count). The Morgan fingerprint density at radius 3 is 2.47 bits per heavy atom. The maximum Gasteiger partial charge on any atom is 0.120 e. The van der Waals surface area contributed by atoms with Gasteiger partial charge in [-0.1, -0.05) is 34.7 Å². The second kappa shape index (κ2) is 7.48. The van der Waals surface area contributed by atoms with E-state index >= 15 is 0 Å². The van der Waals surface area contributed by atoms with Gasteiger partial charge in [-0.2, -0.15) is 0 Å². The Morgan fingerprint density at radius 1 is 1.16 bits per heavy atom. The van der Waals surface area contributed by atoms with Gasteiger partial charge in [0.05, 0.1) is 6.61 Å². The molecule has 2 nitrogen and oxygen atoms in total. The highest BCUT2D eigenvalue weighted by Crippen LogP contribution is 2.33. The zero-order valence-corrected chi connectivity index (χ0v) is 13.8. The van der Waals surface area contributed by atoms with Crippen LogP contribution in [-0.2, 0) is 11.3 Å². The lowest BCUT2D eigenvalue weighted by Gasteiger charge is -2.25. The molecule has 106 valence electrons. The summed E-state index contributed by atoms with van der Waals surface area (Å²) in [5, 5.41) is 0. The lowest BCUT2D eigenvalue weighted by Crippen LogP contribution is -2.27. The molecule has 0 aliphatic heterocycles. The van der Waals surface area contributed by atoms with Crippen LogP contribution in [0.15, 0.2) is 24.3 Å². The van der Waals surface area contributed by atoms with Gasteiger partial charge in [-0.25, -0.2) is 0 Å². The Hall–Kier alpha value is -0.290. The van der Waals surface area contributed by atoms with Crippen LogP contribution in [0.25, 0.3) is 0 Å². The fourth-order valence-corrected chi connectivity index (χ4v) is 2.82. The molecule has 0 spiro atoms. The van der Waals surface area contributed by atoms with Gasteiger partial charge in [0.1, 0.15) is 11.4 Å². The third-order valence-corrected chi connectivity index (χ3v) is 4.40. The SMILES string of the molecule is CC1(Oc2ccc(COCCCI)cc2)CCCC1. The number of halogens is 1. The van der Waals surface area contributed by atoms with Crippen molar-refractivity contribution in [1.29, 1.82) is 0 Å². The van der Waals surface area contributed by atoms with E-state index < -0.39 is 0 Å². The summed E-state index contributed by atoms with van der Waals surface area (Å²) >= 11 is 2.37. The molecule has 0 atom stereocenters. The van der Waals surface area contributed by atoms with Crippen molar-refractivity contribution >= 4 is 22.6 Å². The van der Waals surface area contributed by atoms with E-state index in [0.29, 0.717) is 6.61 Å². The summed E-state index contributed by atoms with van der Waals surface area (Å²) in [5.41, 5.74) is 1.27. The van der Waals surface area contributed by atoms with Crippen LogP contribution in [0.2, 0.25) is 0 Å². The van der Waals surface area contributed by atoms with Gasteiger partial charge in [-0.15, -0.1) is 0 Å². The predicted octanol–water partition coefficient (Wildman–Crippen LogP) is 4.74. The van der Waals surface area contributed by atoms with Crippen molar-refractivity contribution in [2.45, 2.75) is 51.2 Å². The van der Waals surface area contributed by atoms with Crippen LogP contribution in [0.5, 0.6) is 5.75 Å². The van der Waals surface area contributed by atoms with E-state index in [1.165, 1.54) is 31.2 Å². The Bertz CT molecular complexity index is 369. The maximum absolute atomic E-state index is 6.12. The third-order valence-electron chi connectivity index (χ3n) is 3.64. The van der Waals surface area contributed by atoms with E-state index in [2.05, 4.69) is 53.8 Å². The first-order chi connectivity index (χ1) is 9.22. The minimum absolute atomic E-state index is 0.0539. The smallest absolute Gasteiger partial charge is 0.120 e. The van der Waals surface area contributed by atoms with E-state index in [-0.39, 0.29) is 5.60 Å². The Balaban J connectivity index is 1.81. The monoisotopic (exact) mass is 374 g/mol. The second-order valence-electron chi connectivity index (χ2n) is 5.50. The first kappa shape index (κ1) is 15.1. The summed E-state index contributed by atoms with van der Waals surface area (Å²) < 4.78 is 12.9. The van der Waals surface area contributed by atoms with E-state index in [9.17, 15) is 0 Å². The van der Waals surface area contributed by atoms with Crippen molar-refractivity contribution in [3.8, 4) is 5.75 Å². The topological polar surface area (TPSA) is 18.5 Å². The molecule has 1 fully saturated rings. The predicted molar refractivity (Wildman–Crippen MR) is 87.1 cm³/mol. The molecule has 0 saturated heterocycles. The fourth-order valence-electron chi connectivity index (χ4n) is 2.51. The summed E-state index contributed by atoms with van der Waals surface area (Å²) in [4.78, 5) is 0. The molecule has 19 heavy (non-hydrogen) atoms. The summed E-state index contributed by atoms with van der Waals surface area (Å²) in [6.07, 6.45) is 6.06. The van der Waals surface area contributed by atoms with Gasteiger partial charge >= 0.3 is 0 Å². The average molecular weight is 374 g/mol. The Labute approximate surface area is 130 Å². The highest BCUT2D eigenvalue weighted by molar-refractivity contribution is 14.1. The molecule has 0 heterocycles. The van der Waals surface area contributed by atoms with E-state index in [1.54, 1.807) is 0 Å². The lowest BCUT2D eigenvalue weighted by molar-refractivity contribution is 0.0965. The zero-order chi connectivity index (χ0) is 13.6. The van der Waals surface area contributed by atoms with Crippen LogP contribution in [0.4, 0.5) is 0 Å². The van der Waals surface area contributed by atoms with Gasteiger partial charge in [-0.3, -0.25) is 0 Å². The summed E-state index contributed by atoms with van der Waals surface area (Å²) in [6, 6.07) is 8.36. The molecule has 1 aromatic rings. The van der Waals surface area contributed by atoms with Gasteiger partial charge < -0.3 is 9.47 Å². The maximum atomic E-state index is 6.12.